The molecule has 0 bridgehead atoms. The van der Waals surface area contributed by atoms with Crippen molar-refractivity contribution >= 4 is 6.08 Å². The Kier molecular flexibility index (Phi) is 1.14. The SMILES string of the molecule is OCc1ccn2c1C=CC2. The van der Waals surface area contributed by atoms with E-state index in [2.05, 4.69) is 10.6 Å². The summed E-state index contributed by atoms with van der Waals surface area (Å²) in [6.45, 7) is 1.10. The molecule has 2 nitrogen and oxygen atoms in total. The van der Waals surface area contributed by atoms with Gasteiger partial charge in [-0.1, -0.05) is 6.08 Å². The van der Waals surface area contributed by atoms with Crippen LogP contribution in [0.25, 0.3) is 6.08 Å². The molecule has 0 radical (unpaired) electrons. The van der Waals surface area contributed by atoms with Crippen molar-refractivity contribution in [3.05, 3.63) is 29.6 Å². The number of aliphatic hydroxyl groups is 1. The van der Waals surface area contributed by atoms with Crippen LogP contribution < -0.4 is 0 Å². The molecular formula is C8H9NO. The molecular weight excluding hydrogens is 126 g/mol. The summed E-state index contributed by atoms with van der Waals surface area (Å²) in [6, 6.07) is 1.96. The van der Waals surface area contributed by atoms with Crippen LogP contribution in [0.2, 0.25) is 0 Å². The third-order valence-corrected chi connectivity index (χ3v) is 1.84. The topological polar surface area (TPSA) is 25.2 Å². The molecule has 2 rings (SSSR count). The average Bonchev–Trinajstić information content (AvgIpc) is 2.44. The smallest absolute Gasteiger partial charge is 0.0702 e. The Morgan fingerprint density at radius 1 is 1.60 bits per heavy atom. The summed E-state index contributed by atoms with van der Waals surface area (Å²) in [4.78, 5) is 0. The van der Waals surface area contributed by atoms with Gasteiger partial charge in [0.05, 0.1) is 6.61 Å². The molecule has 1 aliphatic rings. The van der Waals surface area contributed by atoms with Gasteiger partial charge in [-0.25, -0.2) is 0 Å². The number of nitrogens with zero attached hydrogens (tertiary/aromatic N) is 1. The molecule has 1 N–H and O–H groups in total. The quantitative estimate of drug-likeness (QED) is 0.610. The fraction of sp³-hybridized carbons (Fsp3) is 0.250. The standard InChI is InChI=1S/C8H9NO/c10-6-7-3-5-9-4-1-2-8(7)9/h1-3,5,10H,4,6H2. The Labute approximate surface area is 59.4 Å². The zero-order valence-corrected chi connectivity index (χ0v) is 5.62. The van der Waals surface area contributed by atoms with E-state index in [1.165, 1.54) is 0 Å². The van der Waals surface area contributed by atoms with Gasteiger partial charge < -0.3 is 9.67 Å². The Bertz CT molecular complexity index is 273. The zero-order valence-electron chi connectivity index (χ0n) is 5.62. The number of hydrogen-bond donors (Lipinski definition) is 1. The molecule has 0 aromatic carbocycles. The van der Waals surface area contributed by atoms with Gasteiger partial charge >= 0.3 is 0 Å². The van der Waals surface area contributed by atoms with Gasteiger partial charge in [-0.15, -0.1) is 0 Å². The molecule has 2 heterocycles. The summed E-state index contributed by atoms with van der Waals surface area (Å²) >= 11 is 0. The Morgan fingerprint density at radius 2 is 2.50 bits per heavy atom. The molecule has 0 aliphatic carbocycles. The molecule has 0 atom stereocenters. The third-order valence-electron chi connectivity index (χ3n) is 1.84. The van der Waals surface area contributed by atoms with Gasteiger partial charge in [0, 0.05) is 24.0 Å². The fourth-order valence-electron chi connectivity index (χ4n) is 1.30. The van der Waals surface area contributed by atoms with Crippen LogP contribution >= 0.6 is 0 Å². The van der Waals surface area contributed by atoms with Crippen LogP contribution in [-0.2, 0) is 13.2 Å². The van der Waals surface area contributed by atoms with Crippen molar-refractivity contribution in [1.29, 1.82) is 0 Å². The molecule has 2 heteroatoms. The minimum Gasteiger partial charge on any atom is -0.392 e. The van der Waals surface area contributed by atoms with Gasteiger partial charge in [-0.3, -0.25) is 0 Å². The van der Waals surface area contributed by atoms with Crippen molar-refractivity contribution in [3.8, 4) is 0 Å². The number of allylic oxidation sites excluding steroid dienone is 1. The summed E-state index contributed by atoms with van der Waals surface area (Å²) in [6.07, 6.45) is 6.14. The minimum absolute atomic E-state index is 0.146. The van der Waals surface area contributed by atoms with E-state index in [1.807, 2.05) is 18.3 Å². The van der Waals surface area contributed by atoms with E-state index in [1.54, 1.807) is 0 Å². The fourth-order valence-corrected chi connectivity index (χ4v) is 1.30. The molecule has 0 saturated carbocycles. The molecule has 1 aromatic heterocycles. The second-order valence-electron chi connectivity index (χ2n) is 2.44. The minimum atomic E-state index is 0.146. The third kappa shape index (κ3) is 0.625. The van der Waals surface area contributed by atoms with E-state index < -0.39 is 0 Å². The van der Waals surface area contributed by atoms with Gasteiger partial charge in [0.1, 0.15) is 0 Å². The predicted molar refractivity (Wildman–Crippen MR) is 39.4 cm³/mol. The molecule has 0 saturated heterocycles. The second-order valence-corrected chi connectivity index (χ2v) is 2.44. The van der Waals surface area contributed by atoms with E-state index in [4.69, 9.17) is 5.11 Å². The Morgan fingerprint density at radius 3 is 3.30 bits per heavy atom. The first-order chi connectivity index (χ1) is 4.92. The highest BCUT2D eigenvalue weighted by Gasteiger charge is 2.07. The van der Waals surface area contributed by atoms with Gasteiger partial charge in [-0.05, 0) is 12.1 Å². The number of hydrogen-bond acceptors (Lipinski definition) is 1. The van der Waals surface area contributed by atoms with Crippen LogP contribution in [0.4, 0.5) is 0 Å². The highest BCUT2D eigenvalue weighted by atomic mass is 16.3. The molecule has 10 heavy (non-hydrogen) atoms. The van der Waals surface area contributed by atoms with Crippen molar-refractivity contribution in [2.45, 2.75) is 13.2 Å². The van der Waals surface area contributed by atoms with Crippen molar-refractivity contribution in [3.63, 3.8) is 0 Å². The van der Waals surface area contributed by atoms with Crippen LogP contribution in [0.5, 0.6) is 0 Å². The number of rotatable bonds is 1. The largest absolute Gasteiger partial charge is 0.392 e. The van der Waals surface area contributed by atoms with E-state index >= 15 is 0 Å². The highest BCUT2D eigenvalue weighted by Crippen LogP contribution is 2.17. The first-order valence-electron chi connectivity index (χ1n) is 3.37. The number of aliphatic hydroxyl groups excluding tert-OH is 1. The molecule has 0 unspecified atom stereocenters. The second kappa shape index (κ2) is 1.99. The van der Waals surface area contributed by atoms with Crippen molar-refractivity contribution in [1.82, 2.24) is 4.57 Å². The van der Waals surface area contributed by atoms with Gasteiger partial charge in [0.2, 0.25) is 0 Å². The Balaban J connectivity index is 2.53. The number of aromatic nitrogens is 1. The van der Waals surface area contributed by atoms with E-state index in [0.29, 0.717) is 0 Å². The summed E-state index contributed by atoms with van der Waals surface area (Å²) in [5, 5.41) is 8.84. The van der Waals surface area contributed by atoms with Crippen LogP contribution in [-0.4, -0.2) is 9.67 Å². The molecule has 0 fully saturated rings. The monoisotopic (exact) mass is 135 g/mol. The number of fused-ring (bicyclic) bond motifs is 1. The molecule has 0 spiro atoms. The molecule has 52 valence electrons. The van der Waals surface area contributed by atoms with Crippen LogP contribution in [0.3, 0.4) is 0 Å². The lowest BCUT2D eigenvalue weighted by molar-refractivity contribution is 0.281. The maximum Gasteiger partial charge on any atom is 0.0702 e. The molecule has 1 aliphatic heterocycles. The van der Waals surface area contributed by atoms with Gasteiger partial charge in [0.25, 0.3) is 0 Å². The van der Waals surface area contributed by atoms with E-state index in [0.717, 1.165) is 17.8 Å². The van der Waals surface area contributed by atoms with Crippen molar-refractivity contribution in [2.75, 3.05) is 0 Å². The lowest BCUT2D eigenvalue weighted by Crippen LogP contribution is -1.90. The van der Waals surface area contributed by atoms with Crippen molar-refractivity contribution < 1.29 is 5.11 Å². The first kappa shape index (κ1) is 5.74. The van der Waals surface area contributed by atoms with Gasteiger partial charge in [0.15, 0.2) is 0 Å². The van der Waals surface area contributed by atoms with Crippen LogP contribution in [0, 0.1) is 0 Å². The summed E-state index contributed by atoms with van der Waals surface area (Å²) in [7, 11) is 0. The average molecular weight is 135 g/mol. The molecule has 1 aromatic rings. The van der Waals surface area contributed by atoms with Crippen molar-refractivity contribution in [2.24, 2.45) is 0 Å². The zero-order chi connectivity index (χ0) is 6.97. The summed E-state index contributed by atoms with van der Waals surface area (Å²) < 4.78 is 2.12. The Hall–Kier alpha value is -1.02. The summed E-state index contributed by atoms with van der Waals surface area (Å²) in [5.74, 6) is 0. The van der Waals surface area contributed by atoms with Gasteiger partial charge in [-0.2, -0.15) is 0 Å². The maximum absolute atomic E-state index is 8.84. The maximum atomic E-state index is 8.84. The van der Waals surface area contributed by atoms with E-state index in [-0.39, 0.29) is 6.61 Å². The van der Waals surface area contributed by atoms with E-state index in [9.17, 15) is 0 Å². The van der Waals surface area contributed by atoms with Crippen LogP contribution in [0.1, 0.15) is 11.3 Å². The van der Waals surface area contributed by atoms with Crippen LogP contribution in [0.15, 0.2) is 18.3 Å². The lowest BCUT2D eigenvalue weighted by atomic mass is 10.2. The predicted octanol–water partition coefficient (Wildman–Crippen LogP) is 1.01. The normalized spacial score (nSPS) is 14.1. The summed E-state index contributed by atoms with van der Waals surface area (Å²) in [5.41, 5.74) is 2.18. The molecule has 0 amide bonds. The highest BCUT2D eigenvalue weighted by molar-refractivity contribution is 5.53. The first-order valence-corrected chi connectivity index (χ1v) is 3.37. The lowest BCUT2D eigenvalue weighted by Gasteiger charge is -1.95.